The van der Waals surface area contributed by atoms with E-state index in [9.17, 15) is 21.4 Å². The quantitative estimate of drug-likeness (QED) is 0.502. The van der Waals surface area contributed by atoms with Crippen LogP contribution in [0, 0.1) is 0 Å². The Morgan fingerprint density at radius 2 is 1.53 bits per heavy atom. The molecule has 8 nitrogen and oxygen atoms in total. The van der Waals surface area contributed by atoms with Crippen molar-refractivity contribution in [3.63, 3.8) is 0 Å². The smallest absolute Gasteiger partial charge is 0.282 e. The van der Waals surface area contributed by atoms with E-state index in [0.29, 0.717) is 6.07 Å². The van der Waals surface area contributed by atoms with Gasteiger partial charge in [0.05, 0.1) is 0 Å². The highest BCUT2D eigenvalue weighted by Gasteiger charge is 2.35. The molecule has 94 valence electrons. The Morgan fingerprint density at radius 3 is 1.88 bits per heavy atom. The second-order valence-corrected chi connectivity index (χ2v) is 6.60. The molecule has 1 rings (SSSR count). The van der Waals surface area contributed by atoms with Crippen molar-refractivity contribution in [2.45, 2.75) is 9.79 Å². The summed E-state index contributed by atoms with van der Waals surface area (Å²) in [6.07, 6.45) is 0. The van der Waals surface area contributed by atoms with Crippen LogP contribution in [0.2, 0.25) is 0 Å². The number of hydrogen-bond acceptors (Lipinski definition) is 5. The Morgan fingerprint density at radius 1 is 1.00 bits per heavy atom. The second kappa shape index (κ2) is 4.41. The van der Waals surface area contributed by atoms with E-state index in [1.165, 1.54) is 0 Å². The van der Waals surface area contributed by atoms with Crippen molar-refractivity contribution < 1.29 is 35.4 Å². The van der Waals surface area contributed by atoms with Crippen LogP contribution < -0.4 is 5.30 Å². The lowest BCUT2D eigenvalue weighted by atomic mass is 10.4. The Hall–Kier alpha value is -0.900. The van der Waals surface area contributed by atoms with Crippen molar-refractivity contribution in [1.29, 1.82) is 0 Å². The van der Waals surface area contributed by atoms with Gasteiger partial charge in [-0.3, -0.25) is 9.11 Å². The molecular weight excluding hydrogens is 295 g/mol. The zero-order chi connectivity index (χ0) is 13.4. The summed E-state index contributed by atoms with van der Waals surface area (Å²) in [6.45, 7) is 0. The molecule has 0 fully saturated rings. The SMILES string of the molecule is O=[P+](O)c1cccc(S(=O)(=O)O)c1S(=O)(=O)O. The maximum Gasteiger partial charge on any atom is 0.547 e. The minimum atomic E-state index is -5.08. The molecule has 0 aliphatic rings. The standard InChI is InChI=1S/C6H5O8PS2/c7-15(8)4-2-1-3-5(16(9,10)11)6(4)17(12,13)14/h1-3H,(H2-,7,8,9,10,11,12,13,14)/p+1. The highest BCUT2D eigenvalue weighted by atomic mass is 32.2. The largest absolute Gasteiger partial charge is 0.547 e. The van der Waals surface area contributed by atoms with E-state index >= 15 is 0 Å². The predicted octanol–water partition coefficient (Wildman–Crippen LogP) is -0.460. The molecule has 0 aromatic heterocycles. The van der Waals surface area contributed by atoms with Crippen LogP contribution in [0.5, 0.6) is 0 Å². The van der Waals surface area contributed by atoms with Crippen LogP contribution >= 0.6 is 8.03 Å². The number of rotatable bonds is 3. The van der Waals surface area contributed by atoms with Crippen LogP contribution in [0.3, 0.4) is 0 Å². The average molecular weight is 301 g/mol. The third-order valence-corrected chi connectivity index (χ3v) is 4.62. The Bertz CT molecular complexity index is 674. The monoisotopic (exact) mass is 301 g/mol. The van der Waals surface area contributed by atoms with Gasteiger partial charge in [-0.2, -0.15) is 21.7 Å². The summed E-state index contributed by atoms with van der Waals surface area (Å²) >= 11 is 0. The van der Waals surface area contributed by atoms with Crippen LogP contribution in [-0.2, 0) is 24.8 Å². The van der Waals surface area contributed by atoms with Crippen LogP contribution in [0.15, 0.2) is 28.0 Å². The van der Waals surface area contributed by atoms with E-state index in [2.05, 4.69) is 0 Å². The van der Waals surface area contributed by atoms with Gasteiger partial charge in [-0.05, 0) is 16.7 Å². The van der Waals surface area contributed by atoms with Gasteiger partial charge >= 0.3 is 18.1 Å². The van der Waals surface area contributed by atoms with Gasteiger partial charge in [-0.15, -0.1) is 0 Å². The van der Waals surface area contributed by atoms with E-state index < -0.39 is 43.4 Å². The van der Waals surface area contributed by atoms with Gasteiger partial charge in [0.15, 0.2) is 4.90 Å². The maximum absolute atomic E-state index is 11.0. The normalized spacial score (nSPS) is 13.5. The summed E-state index contributed by atoms with van der Waals surface area (Å²) in [5.74, 6) is 0. The molecule has 17 heavy (non-hydrogen) atoms. The first-order valence-corrected chi connectivity index (χ1v) is 7.88. The second-order valence-electron chi connectivity index (χ2n) is 2.83. The molecule has 0 radical (unpaired) electrons. The molecule has 0 amide bonds. The van der Waals surface area contributed by atoms with Gasteiger partial charge in [0, 0.05) is 0 Å². The minimum Gasteiger partial charge on any atom is -0.282 e. The van der Waals surface area contributed by atoms with Gasteiger partial charge in [0.25, 0.3) is 10.1 Å². The van der Waals surface area contributed by atoms with E-state index in [4.69, 9.17) is 14.0 Å². The summed E-state index contributed by atoms with van der Waals surface area (Å²) in [5, 5.41) is -0.808. The molecular formula is C6H6O8PS2+. The van der Waals surface area contributed by atoms with Crippen molar-refractivity contribution in [3.8, 4) is 0 Å². The molecule has 1 atom stereocenters. The Kier molecular flexibility index (Phi) is 3.67. The van der Waals surface area contributed by atoms with Crippen molar-refractivity contribution >= 4 is 33.6 Å². The fraction of sp³-hybridized carbons (Fsp3) is 0. The van der Waals surface area contributed by atoms with Crippen LogP contribution in [0.25, 0.3) is 0 Å². The van der Waals surface area contributed by atoms with Gasteiger partial charge in [0.2, 0.25) is 5.30 Å². The molecule has 1 aromatic carbocycles. The van der Waals surface area contributed by atoms with E-state index in [-0.39, 0.29) is 0 Å². The highest BCUT2D eigenvalue weighted by molar-refractivity contribution is 7.89. The molecule has 3 N–H and O–H groups in total. The van der Waals surface area contributed by atoms with Gasteiger partial charge in [0.1, 0.15) is 4.90 Å². The topological polar surface area (TPSA) is 146 Å². The van der Waals surface area contributed by atoms with E-state index in [1.54, 1.807) is 0 Å². The lowest BCUT2D eigenvalue weighted by Crippen LogP contribution is -2.17. The third-order valence-electron chi connectivity index (χ3n) is 1.70. The van der Waals surface area contributed by atoms with Crippen LogP contribution in [-0.4, -0.2) is 30.8 Å². The van der Waals surface area contributed by atoms with Gasteiger partial charge in [-0.1, -0.05) is 6.07 Å². The predicted molar refractivity (Wildman–Crippen MR) is 55.5 cm³/mol. The van der Waals surface area contributed by atoms with Gasteiger partial charge in [-0.25, -0.2) is 0 Å². The average Bonchev–Trinajstić information content (AvgIpc) is 2.13. The summed E-state index contributed by atoms with van der Waals surface area (Å²) in [7, 11) is -13.2. The third kappa shape index (κ3) is 3.06. The summed E-state index contributed by atoms with van der Waals surface area (Å²) in [4.78, 5) is 6.36. The summed E-state index contributed by atoms with van der Waals surface area (Å²) < 4.78 is 72.1. The number of hydrogen-bond donors (Lipinski definition) is 3. The first-order chi connectivity index (χ1) is 7.55. The van der Waals surface area contributed by atoms with Crippen LogP contribution in [0.1, 0.15) is 0 Å². The van der Waals surface area contributed by atoms with Crippen molar-refractivity contribution in [1.82, 2.24) is 0 Å². The fourth-order valence-electron chi connectivity index (χ4n) is 1.12. The van der Waals surface area contributed by atoms with Crippen molar-refractivity contribution in [3.05, 3.63) is 18.2 Å². The Labute approximate surface area is 97.3 Å². The van der Waals surface area contributed by atoms with E-state index in [1.807, 2.05) is 0 Å². The number of benzene rings is 1. The zero-order valence-corrected chi connectivity index (χ0v) is 10.4. The lowest BCUT2D eigenvalue weighted by Gasteiger charge is -2.02. The first-order valence-electron chi connectivity index (χ1n) is 3.79. The molecule has 0 aliphatic carbocycles. The molecule has 0 saturated heterocycles. The summed E-state index contributed by atoms with van der Waals surface area (Å²) in [6, 6.07) is 2.48. The molecule has 0 heterocycles. The van der Waals surface area contributed by atoms with E-state index in [0.717, 1.165) is 12.1 Å². The Balaban J connectivity index is 3.90. The first kappa shape index (κ1) is 14.2. The fourth-order valence-corrected chi connectivity index (χ4v) is 4.16. The molecule has 0 bridgehead atoms. The molecule has 11 heteroatoms. The minimum absolute atomic E-state index is 0.681. The lowest BCUT2D eigenvalue weighted by molar-refractivity contribution is 0.466. The highest BCUT2D eigenvalue weighted by Crippen LogP contribution is 2.25. The molecule has 1 aromatic rings. The van der Waals surface area contributed by atoms with Gasteiger partial charge < -0.3 is 0 Å². The molecule has 0 spiro atoms. The molecule has 0 saturated carbocycles. The zero-order valence-electron chi connectivity index (χ0n) is 7.88. The molecule has 1 unspecified atom stereocenters. The summed E-state index contributed by atoms with van der Waals surface area (Å²) in [5.41, 5.74) is 0. The van der Waals surface area contributed by atoms with Crippen molar-refractivity contribution in [2.24, 2.45) is 0 Å². The molecule has 0 aliphatic heterocycles. The van der Waals surface area contributed by atoms with Crippen molar-refractivity contribution in [2.75, 3.05) is 0 Å². The van der Waals surface area contributed by atoms with Crippen LogP contribution in [0.4, 0.5) is 0 Å². The maximum atomic E-state index is 11.0.